The highest BCUT2D eigenvalue weighted by Gasteiger charge is 2.18. The van der Waals surface area contributed by atoms with Gasteiger partial charge in [-0.1, -0.05) is 18.5 Å². The fraction of sp³-hybridized carbons (Fsp3) is 0.385. The van der Waals surface area contributed by atoms with Crippen molar-refractivity contribution in [1.82, 2.24) is 10.0 Å². The summed E-state index contributed by atoms with van der Waals surface area (Å²) < 4.78 is 32.7. The van der Waals surface area contributed by atoms with Gasteiger partial charge in [-0.15, -0.1) is 11.3 Å². The molecule has 21 heavy (non-hydrogen) atoms. The van der Waals surface area contributed by atoms with Gasteiger partial charge >= 0.3 is 0 Å². The first-order valence-electron chi connectivity index (χ1n) is 6.54. The molecule has 5 nitrogen and oxygen atoms in total. The van der Waals surface area contributed by atoms with Crippen LogP contribution in [0.1, 0.15) is 24.0 Å². The molecule has 0 radical (unpaired) electrons. The predicted octanol–water partition coefficient (Wildman–Crippen LogP) is 2.97. The van der Waals surface area contributed by atoms with E-state index >= 15 is 0 Å². The lowest BCUT2D eigenvalue weighted by Gasteiger charge is -2.03. The molecule has 0 aromatic carbocycles. The lowest BCUT2D eigenvalue weighted by Crippen LogP contribution is -2.22. The molecule has 0 spiro atoms. The minimum absolute atomic E-state index is 0.0709. The van der Waals surface area contributed by atoms with E-state index in [0.29, 0.717) is 16.6 Å². The van der Waals surface area contributed by atoms with E-state index in [9.17, 15) is 8.42 Å². The average molecular weight is 349 g/mol. The van der Waals surface area contributed by atoms with Gasteiger partial charge in [-0.05, 0) is 37.2 Å². The first-order chi connectivity index (χ1) is 10.0. The van der Waals surface area contributed by atoms with E-state index in [0.717, 1.165) is 17.8 Å². The minimum atomic E-state index is -3.64. The van der Waals surface area contributed by atoms with Gasteiger partial charge in [0, 0.05) is 11.4 Å². The topological polar surface area (TPSA) is 71.3 Å². The third kappa shape index (κ3) is 4.82. The largest absolute Gasteiger partial charge is 0.447 e. The molecule has 2 rings (SSSR count). The molecule has 0 aliphatic carbocycles. The zero-order valence-corrected chi connectivity index (χ0v) is 13.9. The molecule has 0 saturated heterocycles. The van der Waals surface area contributed by atoms with Gasteiger partial charge in [0.25, 0.3) is 10.0 Å². The molecule has 0 fully saturated rings. The van der Waals surface area contributed by atoms with Crippen LogP contribution in [0.25, 0.3) is 0 Å². The molecule has 0 saturated carbocycles. The number of halogens is 1. The molecular weight excluding hydrogens is 332 g/mol. The molecule has 2 heterocycles. The van der Waals surface area contributed by atoms with Crippen LogP contribution in [0.4, 0.5) is 0 Å². The van der Waals surface area contributed by atoms with Crippen LogP contribution < -0.4 is 10.0 Å². The van der Waals surface area contributed by atoms with Crippen LogP contribution in [0, 0.1) is 0 Å². The van der Waals surface area contributed by atoms with E-state index in [2.05, 4.69) is 17.0 Å². The third-order valence-electron chi connectivity index (χ3n) is 2.69. The van der Waals surface area contributed by atoms with Gasteiger partial charge in [0.15, 0.2) is 0 Å². The third-order valence-corrected chi connectivity index (χ3v) is 5.20. The van der Waals surface area contributed by atoms with Crippen molar-refractivity contribution in [2.45, 2.75) is 31.5 Å². The first-order valence-corrected chi connectivity index (χ1v) is 9.22. The van der Waals surface area contributed by atoms with Crippen molar-refractivity contribution in [3.8, 4) is 0 Å². The number of hydrogen-bond donors (Lipinski definition) is 2. The Morgan fingerprint density at radius 1 is 1.24 bits per heavy atom. The maximum atomic E-state index is 12.1. The highest BCUT2D eigenvalue weighted by Crippen LogP contribution is 2.22. The quantitative estimate of drug-likeness (QED) is 0.719. The van der Waals surface area contributed by atoms with E-state index in [1.807, 2.05) is 0 Å². The summed E-state index contributed by atoms with van der Waals surface area (Å²) in [6.45, 7) is 3.64. The zero-order chi connectivity index (χ0) is 15.3. The standard InChI is InChI=1S/C13H17ClN2O3S2/c1-2-7-15-8-10-3-6-13(19-10)21(17,18)16-9-11-4-5-12(14)20-11/h3-6,15-16H,2,7-9H2,1H3. The second-order valence-corrected chi connectivity index (χ2v) is 7.93. The maximum absolute atomic E-state index is 12.1. The molecule has 2 N–H and O–H groups in total. The summed E-state index contributed by atoms with van der Waals surface area (Å²) in [7, 11) is -3.64. The van der Waals surface area contributed by atoms with Gasteiger partial charge in [0.05, 0.1) is 10.9 Å². The molecule has 2 aromatic rings. The van der Waals surface area contributed by atoms with Crippen LogP contribution in [0.3, 0.4) is 0 Å². The molecule has 0 aliphatic heterocycles. The molecule has 0 atom stereocenters. The number of sulfonamides is 1. The van der Waals surface area contributed by atoms with Crippen molar-refractivity contribution in [3.63, 3.8) is 0 Å². The second kappa shape index (κ2) is 7.42. The summed E-state index contributed by atoms with van der Waals surface area (Å²) in [4.78, 5) is 0.847. The summed E-state index contributed by atoms with van der Waals surface area (Å²) in [5.74, 6) is 0.600. The fourth-order valence-electron chi connectivity index (χ4n) is 1.67. The zero-order valence-electron chi connectivity index (χ0n) is 11.6. The van der Waals surface area contributed by atoms with E-state index < -0.39 is 10.0 Å². The molecule has 0 aliphatic rings. The number of rotatable bonds is 8. The Hall–Kier alpha value is -0.860. The van der Waals surface area contributed by atoms with Crippen LogP contribution in [0.15, 0.2) is 33.8 Å². The average Bonchev–Trinajstić information content (AvgIpc) is 3.06. The highest BCUT2D eigenvalue weighted by molar-refractivity contribution is 7.89. The normalized spacial score (nSPS) is 11.9. The summed E-state index contributed by atoms with van der Waals surface area (Å²) in [5.41, 5.74) is 0. The Kier molecular flexibility index (Phi) is 5.83. The SMILES string of the molecule is CCCNCc1ccc(S(=O)(=O)NCc2ccc(Cl)s2)o1. The summed E-state index contributed by atoms with van der Waals surface area (Å²) in [5, 5.41) is 3.08. The summed E-state index contributed by atoms with van der Waals surface area (Å²) in [6, 6.07) is 6.66. The van der Waals surface area contributed by atoms with Crippen molar-refractivity contribution in [1.29, 1.82) is 0 Å². The molecule has 0 amide bonds. The first kappa shape index (κ1) is 16.5. The Bertz CT molecular complexity index is 679. The van der Waals surface area contributed by atoms with Gasteiger partial charge in [0.2, 0.25) is 5.09 Å². The van der Waals surface area contributed by atoms with E-state index in [-0.39, 0.29) is 11.6 Å². The summed E-state index contributed by atoms with van der Waals surface area (Å²) in [6.07, 6.45) is 1.01. The van der Waals surface area contributed by atoms with Crippen LogP contribution >= 0.6 is 22.9 Å². The van der Waals surface area contributed by atoms with Gasteiger partial charge in [-0.2, -0.15) is 0 Å². The van der Waals surface area contributed by atoms with Gasteiger partial charge in [0.1, 0.15) is 5.76 Å². The van der Waals surface area contributed by atoms with Crippen LogP contribution in [-0.2, 0) is 23.1 Å². The molecule has 0 unspecified atom stereocenters. The molecule has 8 heteroatoms. The Morgan fingerprint density at radius 2 is 2.05 bits per heavy atom. The van der Waals surface area contributed by atoms with Crippen molar-refractivity contribution < 1.29 is 12.8 Å². The molecule has 116 valence electrons. The Balaban J connectivity index is 1.95. The monoisotopic (exact) mass is 348 g/mol. The number of furan rings is 1. The van der Waals surface area contributed by atoms with Crippen molar-refractivity contribution in [2.24, 2.45) is 0 Å². The number of hydrogen-bond acceptors (Lipinski definition) is 5. The van der Waals surface area contributed by atoms with Crippen molar-refractivity contribution >= 4 is 33.0 Å². The minimum Gasteiger partial charge on any atom is -0.447 e. The van der Waals surface area contributed by atoms with Gasteiger partial charge in [-0.3, -0.25) is 0 Å². The highest BCUT2D eigenvalue weighted by atomic mass is 35.5. The van der Waals surface area contributed by atoms with Crippen molar-refractivity contribution in [2.75, 3.05) is 6.54 Å². The number of nitrogens with one attached hydrogen (secondary N) is 2. The molecule has 2 aromatic heterocycles. The van der Waals surface area contributed by atoms with Crippen LogP contribution in [0.5, 0.6) is 0 Å². The Labute approximate surface area is 133 Å². The lowest BCUT2D eigenvalue weighted by molar-refractivity contribution is 0.400. The van der Waals surface area contributed by atoms with Gasteiger partial charge < -0.3 is 9.73 Å². The lowest BCUT2D eigenvalue weighted by atomic mass is 10.4. The summed E-state index contributed by atoms with van der Waals surface area (Å²) >= 11 is 7.15. The van der Waals surface area contributed by atoms with Gasteiger partial charge in [-0.25, -0.2) is 13.1 Å². The van der Waals surface area contributed by atoms with Crippen LogP contribution in [-0.4, -0.2) is 15.0 Å². The van der Waals surface area contributed by atoms with Crippen molar-refractivity contribution in [3.05, 3.63) is 39.2 Å². The van der Waals surface area contributed by atoms with Crippen LogP contribution in [0.2, 0.25) is 4.34 Å². The number of thiophene rings is 1. The van der Waals surface area contributed by atoms with E-state index in [1.165, 1.54) is 17.4 Å². The smallest absolute Gasteiger partial charge is 0.274 e. The Morgan fingerprint density at radius 3 is 2.71 bits per heavy atom. The maximum Gasteiger partial charge on any atom is 0.274 e. The predicted molar refractivity (Wildman–Crippen MR) is 84.1 cm³/mol. The molecule has 0 bridgehead atoms. The second-order valence-electron chi connectivity index (χ2n) is 4.43. The van der Waals surface area contributed by atoms with E-state index in [4.69, 9.17) is 16.0 Å². The molecular formula is C13H17ClN2O3S2. The van der Waals surface area contributed by atoms with E-state index in [1.54, 1.807) is 18.2 Å². The fourth-order valence-corrected chi connectivity index (χ4v) is 3.74.